The third kappa shape index (κ3) is 4.13. The maximum atomic E-state index is 12.5. The van der Waals surface area contributed by atoms with E-state index >= 15 is 0 Å². The first kappa shape index (κ1) is 18.2. The first-order valence-electron chi connectivity index (χ1n) is 7.54. The van der Waals surface area contributed by atoms with Gasteiger partial charge in [-0.25, -0.2) is 13.1 Å². The van der Waals surface area contributed by atoms with E-state index in [1.165, 1.54) is 12.1 Å². The number of allylic oxidation sites excluding steroid dienone is 1. The van der Waals surface area contributed by atoms with Gasteiger partial charge in [0.2, 0.25) is 10.0 Å². The molecule has 1 fully saturated rings. The molecule has 0 unspecified atom stereocenters. The summed E-state index contributed by atoms with van der Waals surface area (Å²) in [6, 6.07) is 12.1. The van der Waals surface area contributed by atoms with E-state index in [0.717, 1.165) is 23.0 Å². The van der Waals surface area contributed by atoms with Gasteiger partial charge < -0.3 is 0 Å². The highest BCUT2D eigenvalue weighted by Crippen LogP contribution is 2.48. The van der Waals surface area contributed by atoms with Crippen molar-refractivity contribution in [3.8, 4) is 0 Å². The van der Waals surface area contributed by atoms with Crippen molar-refractivity contribution in [1.29, 1.82) is 0 Å². The van der Waals surface area contributed by atoms with Gasteiger partial charge in [-0.2, -0.15) is 13.2 Å². The van der Waals surface area contributed by atoms with Crippen molar-refractivity contribution in [2.24, 2.45) is 0 Å². The van der Waals surface area contributed by atoms with Crippen LogP contribution in [0.4, 0.5) is 13.2 Å². The zero-order valence-corrected chi connectivity index (χ0v) is 14.9. The molecule has 25 heavy (non-hydrogen) atoms. The zero-order valence-electron chi connectivity index (χ0n) is 13.2. The SMILES string of the molecule is C[C@]1(c2ccccc2)C[C@@H]1NS(=O)(=O)c1ccc(/C=C/C(F)(F)F)s1. The van der Waals surface area contributed by atoms with Crippen LogP contribution in [-0.4, -0.2) is 20.6 Å². The minimum absolute atomic E-state index is 0.0108. The van der Waals surface area contributed by atoms with E-state index in [2.05, 4.69) is 4.72 Å². The Morgan fingerprint density at radius 3 is 2.52 bits per heavy atom. The summed E-state index contributed by atoms with van der Waals surface area (Å²) in [6.07, 6.45) is -2.78. The number of benzene rings is 1. The lowest BCUT2D eigenvalue weighted by molar-refractivity contribution is -0.0790. The predicted molar refractivity (Wildman–Crippen MR) is 91.9 cm³/mol. The van der Waals surface area contributed by atoms with E-state index in [1.54, 1.807) is 0 Å². The fraction of sp³-hybridized carbons (Fsp3) is 0.294. The van der Waals surface area contributed by atoms with Crippen LogP contribution >= 0.6 is 11.3 Å². The third-order valence-electron chi connectivity index (χ3n) is 4.27. The van der Waals surface area contributed by atoms with Gasteiger partial charge in [0.15, 0.2) is 0 Å². The normalized spacial score (nSPS) is 23.9. The number of thiophene rings is 1. The minimum Gasteiger partial charge on any atom is -0.206 e. The van der Waals surface area contributed by atoms with Gasteiger partial charge in [-0.1, -0.05) is 37.3 Å². The summed E-state index contributed by atoms with van der Waals surface area (Å²) in [5.74, 6) is 0. The molecular weight excluding hydrogens is 371 g/mol. The molecule has 0 spiro atoms. The first-order valence-corrected chi connectivity index (χ1v) is 9.84. The molecule has 0 saturated heterocycles. The molecule has 1 aromatic carbocycles. The second kappa shape index (κ2) is 6.26. The third-order valence-corrected chi connectivity index (χ3v) is 7.29. The Morgan fingerprint density at radius 2 is 1.88 bits per heavy atom. The molecule has 1 heterocycles. The van der Waals surface area contributed by atoms with Gasteiger partial charge in [0.1, 0.15) is 4.21 Å². The maximum Gasteiger partial charge on any atom is 0.409 e. The average molecular weight is 387 g/mol. The molecule has 1 aromatic heterocycles. The zero-order chi connectivity index (χ0) is 18.3. The first-order chi connectivity index (χ1) is 11.6. The molecular formula is C17H16F3NO2S2. The molecule has 1 aliphatic rings. The fourth-order valence-electron chi connectivity index (χ4n) is 2.67. The summed E-state index contributed by atoms with van der Waals surface area (Å²) < 4.78 is 64.2. The van der Waals surface area contributed by atoms with Crippen LogP contribution in [0.1, 0.15) is 23.8 Å². The van der Waals surface area contributed by atoms with Crippen LogP contribution in [0.15, 0.2) is 52.7 Å². The van der Waals surface area contributed by atoms with Crippen LogP contribution in [0.5, 0.6) is 0 Å². The monoisotopic (exact) mass is 387 g/mol. The second-order valence-corrected chi connectivity index (χ2v) is 9.25. The smallest absolute Gasteiger partial charge is 0.206 e. The van der Waals surface area contributed by atoms with Crippen LogP contribution < -0.4 is 4.72 Å². The van der Waals surface area contributed by atoms with E-state index in [9.17, 15) is 21.6 Å². The number of hydrogen-bond donors (Lipinski definition) is 1. The molecule has 134 valence electrons. The van der Waals surface area contributed by atoms with Crippen LogP contribution in [0.25, 0.3) is 6.08 Å². The number of alkyl halides is 3. The molecule has 0 aliphatic heterocycles. The van der Waals surface area contributed by atoms with E-state index < -0.39 is 16.2 Å². The number of hydrogen-bond acceptors (Lipinski definition) is 3. The Kier molecular flexibility index (Phi) is 4.55. The van der Waals surface area contributed by atoms with Crippen molar-refractivity contribution < 1.29 is 21.6 Å². The van der Waals surface area contributed by atoms with Crippen molar-refractivity contribution >= 4 is 27.4 Å². The van der Waals surface area contributed by atoms with Crippen molar-refractivity contribution in [2.45, 2.75) is 35.2 Å². The molecule has 8 heteroatoms. The Hall–Kier alpha value is -1.64. The number of sulfonamides is 1. The van der Waals surface area contributed by atoms with E-state index in [-0.39, 0.29) is 26.6 Å². The maximum absolute atomic E-state index is 12.5. The van der Waals surface area contributed by atoms with E-state index in [1.807, 2.05) is 37.3 Å². The van der Waals surface area contributed by atoms with Gasteiger partial charge >= 0.3 is 6.18 Å². The van der Waals surface area contributed by atoms with Crippen LogP contribution in [0.2, 0.25) is 0 Å². The summed E-state index contributed by atoms with van der Waals surface area (Å²) in [5, 5.41) is 0. The van der Waals surface area contributed by atoms with Crippen LogP contribution in [0.3, 0.4) is 0 Å². The van der Waals surface area contributed by atoms with Gasteiger partial charge in [-0.15, -0.1) is 11.3 Å². The van der Waals surface area contributed by atoms with Gasteiger partial charge in [0, 0.05) is 22.4 Å². The Labute approximate surface area is 148 Å². The Balaban J connectivity index is 1.72. The van der Waals surface area contributed by atoms with Crippen LogP contribution in [-0.2, 0) is 15.4 Å². The lowest BCUT2D eigenvalue weighted by atomic mass is 9.98. The van der Waals surface area contributed by atoms with Gasteiger partial charge in [0.05, 0.1) is 0 Å². The average Bonchev–Trinajstić information content (AvgIpc) is 2.98. The lowest BCUT2D eigenvalue weighted by Gasteiger charge is -2.12. The summed E-state index contributed by atoms with van der Waals surface area (Å²) in [5.41, 5.74) is 0.799. The highest BCUT2D eigenvalue weighted by atomic mass is 32.2. The largest absolute Gasteiger partial charge is 0.409 e. The Bertz CT molecular complexity index is 888. The molecule has 1 N–H and O–H groups in total. The molecule has 2 aromatic rings. The van der Waals surface area contributed by atoms with Crippen molar-refractivity contribution in [3.63, 3.8) is 0 Å². The quantitative estimate of drug-likeness (QED) is 0.830. The van der Waals surface area contributed by atoms with Crippen molar-refractivity contribution in [3.05, 3.63) is 59.0 Å². The molecule has 0 amide bonds. The highest BCUT2D eigenvalue weighted by molar-refractivity contribution is 7.91. The standard InChI is InChI=1S/C17H16F3NO2S2/c1-16(12-5-3-2-4-6-12)11-14(16)21-25(22,23)15-8-7-13(24-15)9-10-17(18,19)20/h2-10,14,21H,11H2,1H3/b10-9+/t14-,16+/m0/s1. The Morgan fingerprint density at radius 1 is 1.20 bits per heavy atom. The molecule has 0 bridgehead atoms. The summed E-state index contributed by atoms with van der Waals surface area (Å²) >= 11 is 0.809. The molecule has 2 atom stereocenters. The van der Waals surface area contributed by atoms with E-state index in [4.69, 9.17) is 0 Å². The second-order valence-electron chi connectivity index (χ2n) is 6.19. The predicted octanol–water partition coefficient (Wildman–Crippen LogP) is 4.33. The fourth-order valence-corrected chi connectivity index (χ4v) is 5.26. The number of nitrogens with one attached hydrogen (secondary N) is 1. The topological polar surface area (TPSA) is 46.2 Å². The van der Waals surface area contributed by atoms with Gasteiger partial charge in [-0.05, 0) is 30.2 Å². The molecule has 1 saturated carbocycles. The minimum atomic E-state index is -4.42. The number of rotatable bonds is 5. The van der Waals surface area contributed by atoms with Crippen molar-refractivity contribution in [2.75, 3.05) is 0 Å². The van der Waals surface area contributed by atoms with Gasteiger partial charge in [-0.3, -0.25) is 0 Å². The molecule has 1 aliphatic carbocycles. The van der Waals surface area contributed by atoms with Crippen molar-refractivity contribution in [1.82, 2.24) is 4.72 Å². The van der Waals surface area contributed by atoms with E-state index in [0.29, 0.717) is 6.42 Å². The number of halogens is 3. The summed E-state index contributed by atoms with van der Waals surface area (Å²) in [4.78, 5) is 0.235. The molecule has 3 nitrogen and oxygen atoms in total. The summed E-state index contributed by atoms with van der Waals surface area (Å²) in [7, 11) is -3.76. The highest BCUT2D eigenvalue weighted by Gasteiger charge is 2.53. The van der Waals surface area contributed by atoms with Gasteiger partial charge in [0.25, 0.3) is 0 Å². The molecule has 3 rings (SSSR count). The summed E-state index contributed by atoms with van der Waals surface area (Å²) in [6.45, 7) is 1.99. The lowest BCUT2D eigenvalue weighted by Crippen LogP contribution is -2.29. The van der Waals surface area contributed by atoms with Crippen LogP contribution in [0, 0.1) is 0 Å². The molecule has 0 radical (unpaired) electrons.